The van der Waals surface area contributed by atoms with Crippen molar-refractivity contribution in [3.8, 4) is 0 Å². The monoisotopic (exact) mass is 181 g/mol. The lowest BCUT2D eigenvalue weighted by molar-refractivity contribution is 0.276. The van der Waals surface area contributed by atoms with Crippen molar-refractivity contribution in [1.29, 1.82) is 0 Å². The Morgan fingerprint density at radius 2 is 2.23 bits per heavy atom. The summed E-state index contributed by atoms with van der Waals surface area (Å²) in [5, 5.41) is 13.2. The van der Waals surface area contributed by atoms with Gasteiger partial charge >= 0.3 is 0 Å². The molecule has 0 saturated heterocycles. The van der Waals surface area contributed by atoms with Crippen LogP contribution in [0.3, 0.4) is 0 Å². The summed E-state index contributed by atoms with van der Waals surface area (Å²) in [7, 11) is 0. The van der Waals surface area contributed by atoms with Gasteiger partial charge in [-0.1, -0.05) is 19.0 Å². The number of nitrogens with zero attached hydrogens (tertiary/aromatic N) is 1. The fourth-order valence-corrected chi connectivity index (χ4v) is 1.61. The highest BCUT2D eigenvalue weighted by Gasteiger charge is 2.32. The third-order valence-electron chi connectivity index (χ3n) is 2.50. The number of hydrogen-bond acceptors (Lipinski definition) is 3. The highest BCUT2D eigenvalue weighted by atomic mass is 16.5. The van der Waals surface area contributed by atoms with Gasteiger partial charge in [-0.25, -0.2) is 0 Å². The van der Waals surface area contributed by atoms with Crippen LogP contribution in [-0.2, 0) is 6.61 Å². The molecule has 0 atom stereocenters. The number of aliphatic hydroxyl groups excluding tert-OH is 1. The molecule has 13 heavy (non-hydrogen) atoms. The normalized spacial score (nSPS) is 16.9. The van der Waals surface area contributed by atoms with Gasteiger partial charge in [0.15, 0.2) is 0 Å². The second-order valence-corrected chi connectivity index (χ2v) is 4.00. The summed E-state index contributed by atoms with van der Waals surface area (Å²) in [6.45, 7) is 4.18. The van der Waals surface area contributed by atoms with Gasteiger partial charge in [0, 0.05) is 11.5 Å². The van der Waals surface area contributed by atoms with Crippen LogP contribution >= 0.6 is 0 Å². The van der Waals surface area contributed by atoms with Crippen molar-refractivity contribution in [2.75, 3.05) is 0 Å². The molecular formula is C10H15NO2. The molecule has 3 nitrogen and oxygen atoms in total. The fourth-order valence-electron chi connectivity index (χ4n) is 1.61. The Morgan fingerprint density at radius 3 is 2.69 bits per heavy atom. The van der Waals surface area contributed by atoms with Gasteiger partial charge in [0.2, 0.25) is 0 Å². The van der Waals surface area contributed by atoms with E-state index < -0.39 is 0 Å². The van der Waals surface area contributed by atoms with Crippen LogP contribution in [0.5, 0.6) is 0 Å². The summed E-state index contributed by atoms with van der Waals surface area (Å²) in [5.74, 6) is 1.78. The average molecular weight is 181 g/mol. The summed E-state index contributed by atoms with van der Waals surface area (Å²) in [4.78, 5) is 0. The van der Waals surface area contributed by atoms with E-state index in [1.807, 2.05) is 0 Å². The van der Waals surface area contributed by atoms with Crippen LogP contribution in [0, 0.1) is 0 Å². The molecule has 1 aliphatic rings. The smallest absolute Gasteiger partial charge is 0.145 e. The maximum Gasteiger partial charge on any atom is 0.145 e. The maximum atomic E-state index is 9.21. The second kappa shape index (κ2) is 3.14. The van der Waals surface area contributed by atoms with Gasteiger partial charge in [-0.3, -0.25) is 0 Å². The van der Waals surface area contributed by atoms with Crippen molar-refractivity contribution >= 4 is 0 Å². The van der Waals surface area contributed by atoms with Crippen molar-refractivity contribution in [1.82, 2.24) is 5.16 Å². The summed E-state index contributed by atoms with van der Waals surface area (Å²) >= 11 is 0. The lowest BCUT2D eigenvalue weighted by atomic mass is 10.0. The van der Waals surface area contributed by atoms with E-state index in [1.165, 1.54) is 12.8 Å². The Hall–Kier alpha value is -0.830. The van der Waals surface area contributed by atoms with E-state index in [0.717, 1.165) is 17.0 Å². The zero-order valence-corrected chi connectivity index (χ0v) is 8.08. The van der Waals surface area contributed by atoms with E-state index in [4.69, 9.17) is 4.52 Å². The Balaban J connectivity index is 2.35. The Kier molecular flexibility index (Phi) is 2.12. The zero-order valence-electron chi connectivity index (χ0n) is 8.08. The molecule has 0 bridgehead atoms. The lowest BCUT2D eigenvalue weighted by Gasteiger charge is -2.01. The van der Waals surface area contributed by atoms with Crippen LogP contribution in [0.25, 0.3) is 0 Å². The van der Waals surface area contributed by atoms with Crippen LogP contribution in [0.1, 0.15) is 55.5 Å². The van der Waals surface area contributed by atoms with Crippen LogP contribution < -0.4 is 0 Å². The molecular weight excluding hydrogens is 166 g/mol. The van der Waals surface area contributed by atoms with Crippen molar-refractivity contribution in [2.45, 2.75) is 45.1 Å². The minimum atomic E-state index is 0.0584. The number of hydrogen-bond donors (Lipinski definition) is 1. The molecule has 3 heteroatoms. The van der Waals surface area contributed by atoms with Crippen LogP contribution in [-0.4, -0.2) is 10.3 Å². The van der Waals surface area contributed by atoms with E-state index >= 15 is 0 Å². The van der Waals surface area contributed by atoms with Crippen LogP contribution in [0.4, 0.5) is 0 Å². The quantitative estimate of drug-likeness (QED) is 0.777. The van der Waals surface area contributed by atoms with Gasteiger partial charge < -0.3 is 9.63 Å². The minimum Gasteiger partial charge on any atom is -0.391 e. The molecule has 1 aliphatic carbocycles. The number of aliphatic hydroxyl groups is 1. The zero-order chi connectivity index (χ0) is 9.42. The van der Waals surface area contributed by atoms with Gasteiger partial charge in [-0.2, -0.15) is 0 Å². The van der Waals surface area contributed by atoms with E-state index in [2.05, 4.69) is 19.0 Å². The first kappa shape index (κ1) is 8.75. The fraction of sp³-hybridized carbons (Fsp3) is 0.700. The van der Waals surface area contributed by atoms with E-state index in [-0.39, 0.29) is 6.61 Å². The first-order valence-electron chi connectivity index (χ1n) is 4.83. The first-order chi connectivity index (χ1) is 6.24. The first-order valence-corrected chi connectivity index (χ1v) is 4.83. The summed E-state index contributed by atoms with van der Waals surface area (Å²) in [6.07, 6.45) is 2.36. The molecule has 0 radical (unpaired) electrons. The molecule has 0 amide bonds. The van der Waals surface area contributed by atoms with E-state index in [9.17, 15) is 5.11 Å². The van der Waals surface area contributed by atoms with E-state index in [0.29, 0.717) is 11.8 Å². The van der Waals surface area contributed by atoms with Crippen LogP contribution in [0.2, 0.25) is 0 Å². The second-order valence-electron chi connectivity index (χ2n) is 4.00. The number of aromatic nitrogens is 1. The highest BCUT2D eigenvalue weighted by molar-refractivity contribution is 5.29. The van der Waals surface area contributed by atoms with Gasteiger partial charge in [-0.15, -0.1) is 0 Å². The van der Waals surface area contributed by atoms with Crippen molar-refractivity contribution in [3.05, 3.63) is 17.0 Å². The highest BCUT2D eigenvalue weighted by Crippen LogP contribution is 2.43. The molecule has 0 unspecified atom stereocenters. The maximum absolute atomic E-state index is 9.21. The molecule has 1 aromatic heterocycles. The summed E-state index contributed by atoms with van der Waals surface area (Å²) in [6, 6.07) is 0. The summed E-state index contributed by atoms with van der Waals surface area (Å²) < 4.78 is 5.26. The molecule has 0 aromatic carbocycles. The van der Waals surface area contributed by atoms with Crippen molar-refractivity contribution in [3.63, 3.8) is 0 Å². The van der Waals surface area contributed by atoms with E-state index in [1.54, 1.807) is 0 Å². The Labute approximate surface area is 77.7 Å². The minimum absolute atomic E-state index is 0.0584. The largest absolute Gasteiger partial charge is 0.391 e. The molecule has 0 aliphatic heterocycles. The van der Waals surface area contributed by atoms with Crippen molar-refractivity contribution in [2.24, 2.45) is 0 Å². The molecule has 1 saturated carbocycles. The molecule has 1 fully saturated rings. The predicted molar refractivity (Wildman–Crippen MR) is 48.5 cm³/mol. The Bertz CT molecular complexity index is 280. The van der Waals surface area contributed by atoms with Gasteiger partial charge in [0.1, 0.15) is 5.76 Å². The van der Waals surface area contributed by atoms with Crippen LogP contribution in [0.15, 0.2) is 4.52 Å². The molecule has 72 valence electrons. The van der Waals surface area contributed by atoms with Crippen molar-refractivity contribution < 1.29 is 9.63 Å². The Morgan fingerprint density at radius 1 is 1.54 bits per heavy atom. The topological polar surface area (TPSA) is 46.3 Å². The lowest BCUT2D eigenvalue weighted by Crippen LogP contribution is -1.95. The average Bonchev–Trinajstić information content (AvgIpc) is 2.84. The van der Waals surface area contributed by atoms with Gasteiger partial charge in [0.05, 0.1) is 12.3 Å². The standard InChI is InChI=1S/C10H15NO2/c1-6(2)9-8(5-12)10(13-11-9)7-3-4-7/h6-7,12H,3-5H2,1-2H3. The predicted octanol–water partition coefficient (Wildman–Crippen LogP) is 2.17. The van der Waals surface area contributed by atoms with Gasteiger partial charge in [0.25, 0.3) is 0 Å². The molecule has 1 aromatic rings. The molecule has 1 N–H and O–H groups in total. The molecule has 2 rings (SSSR count). The third kappa shape index (κ3) is 1.48. The summed E-state index contributed by atoms with van der Waals surface area (Å²) in [5.41, 5.74) is 1.85. The molecule has 0 spiro atoms. The third-order valence-corrected chi connectivity index (χ3v) is 2.50. The number of rotatable bonds is 3. The van der Waals surface area contributed by atoms with Gasteiger partial charge in [-0.05, 0) is 18.8 Å². The SMILES string of the molecule is CC(C)c1noc(C2CC2)c1CO. The molecule has 1 heterocycles.